The van der Waals surface area contributed by atoms with Gasteiger partial charge in [0.2, 0.25) is 0 Å². The number of benzene rings is 2. The second-order valence-corrected chi connectivity index (χ2v) is 6.25. The third-order valence-corrected chi connectivity index (χ3v) is 4.44. The zero-order chi connectivity index (χ0) is 14.8. The summed E-state index contributed by atoms with van der Waals surface area (Å²) >= 11 is 3.53. The van der Waals surface area contributed by atoms with E-state index in [-0.39, 0.29) is 6.61 Å². The van der Waals surface area contributed by atoms with Gasteiger partial charge < -0.3 is 10.4 Å². The third-order valence-electron chi connectivity index (χ3n) is 3.74. The number of hydrogen-bond acceptors (Lipinski definition) is 2. The molecule has 0 aliphatic carbocycles. The van der Waals surface area contributed by atoms with Crippen LogP contribution in [0.1, 0.15) is 23.6 Å². The van der Waals surface area contributed by atoms with Crippen LogP contribution >= 0.6 is 15.9 Å². The van der Waals surface area contributed by atoms with Gasteiger partial charge in [0.1, 0.15) is 0 Å². The van der Waals surface area contributed by atoms with E-state index in [1.165, 1.54) is 11.1 Å². The second kappa shape index (κ2) is 5.98. The molecule has 0 heterocycles. The van der Waals surface area contributed by atoms with Crippen LogP contribution in [0.3, 0.4) is 0 Å². The zero-order valence-electron chi connectivity index (χ0n) is 12.1. The Bertz CT molecular complexity index is 612. The van der Waals surface area contributed by atoms with Crippen molar-refractivity contribution in [3.63, 3.8) is 0 Å². The van der Waals surface area contributed by atoms with Crippen LogP contribution in [-0.4, -0.2) is 11.7 Å². The molecule has 0 fully saturated rings. The molecule has 3 heteroatoms. The highest BCUT2D eigenvalue weighted by Gasteiger charge is 2.26. The third kappa shape index (κ3) is 3.05. The molecule has 0 spiro atoms. The largest absolute Gasteiger partial charge is 0.394 e. The average Bonchev–Trinajstić information content (AvgIpc) is 2.44. The first-order valence-corrected chi connectivity index (χ1v) is 7.47. The van der Waals surface area contributed by atoms with Crippen LogP contribution in [0.15, 0.2) is 46.9 Å². The maximum absolute atomic E-state index is 9.87. The first-order chi connectivity index (χ1) is 9.46. The Morgan fingerprint density at radius 1 is 1.10 bits per heavy atom. The average molecular weight is 334 g/mol. The van der Waals surface area contributed by atoms with Crippen LogP contribution in [-0.2, 0) is 5.54 Å². The fraction of sp³-hybridized carbons (Fsp3) is 0.294. The molecule has 0 amide bonds. The maximum Gasteiger partial charge on any atom is 0.0828 e. The molecule has 2 rings (SSSR count). The Kier molecular flexibility index (Phi) is 4.51. The highest BCUT2D eigenvalue weighted by molar-refractivity contribution is 9.10. The molecular weight excluding hydrogens is 314 g/mol. The van der Waals surface area contributed by atoms with Gasteiger partial charge >= 0.3 is 0 Å². The predicted octanol–water partition coefficient (Wildman–Crippen LogP) is 4.39. The lowest BCUT2D eigenvalue weighted by molar-refractivity contribution is 0.224. The van der Waals surface area contributed by atoms with Crippen LogP contribution in [0, 0.1) is 13.8 Å². The van der Waals surface area contributed by atoms with Crippen molar-refractivity contribution in [3.05, 3.63) is 63.6 Å². The lowest BCUT2D eigenvalue weighted by Gasteiger charge is -2.31. The predicted molar refractivity (Wildman–Crippen MR) is 88.1 cm³/mol. The number of aliphatic hydroxyl groups excluding tert-OH is 1. The van der Waals surface area contributed by atoms with Gasteiger partial charge in [0, 0.05) is 10.2 Å². The van der Waals surface area contributed by atoms with Gasteiger partial charge in [-0.1, -0.05) is 30.3 Å². The van der Waals surface area contributed by atoms with Crippen molar-refractivity contribution >= 4 is 21.6 Å². The molecule has 20 heavy (non-hydrogen) atoms. The van der Waals surface area contributed by atoms with Crippen molar-refractivity contribution in [1.29, 1.82) is 0 Å². The molecule has 2 N–H and O–H groups in total. The fourth-order valence-electron chi connectivity index (χ4n) is 2.15. The molecule has 0 radical (unpaired) electrons. The van der Waals surface area contributed by atoms with Crippen molar-refractivity contribution in [3.8, 4) is 0 Å². The van der Waals surface area contributed by atoms with Crippen molar-refractivity contribution in [2.75, 3.05) is 11.9 Å². The van der Waals surface area contributed by atoms with E-state index in [1.54, 1.807) is 0 Å². The highest BCUT2D eigenvalue weighted by Crippen LogP contribution is 2.31. The second-order valence-electron chi connectivity index (χ2n) is 5.39. The lowest BCUT2D eigenvalue weighted by Crippen LogP contribution is -2.36. The molecule has 2 nitrogen and oxygen atoms in total. The van der Waals surface area contributed by atoms with Crippen LogP contribution in [0.4, 0.5) is 5.69 Å². The number of halogens is 1. The number of aliphatic hydroxyl groups is 1. The molecule has 106 valence electrons. The Labute approximate surface area is 129 Å². The van der Waals surface area contributed by atoms with E-state index in [9.17, 15) is 5.11 Å². The molecule has 0 aromatic heterocycles. The SMILES string of the molecule is Cc1ccc(C(C)(CO)Nc2ccccc2Br)cc1C. The number of anilines is 1. The molecule has 2 aromatic carbocycles. The van der Waals surface area contributed by atoms with E-state index in [1.807, 2.05) is 31.2 Å². The smallest absolute Gasteiger partial charge is 0.0828 e. The molecule has 0 aliphatic heterocycles. The van der Waals surface area contributed by atoms with Crippen LogP contribution in [0.5, 0.6) is 0 Å². The van der Waals surface area contributed by atoms with E-state index in [0.717, 1.165) is 15.7 Å². The first kappa shape index (κ1) is 15.1. The minimum Gasteiger partial charge on any atom is -0.394 e. The molecule has 2 aromatic rings. The van der Waals surface area contributed by atoms with Crippen molar-refractivity contribution in [2.24, 2.45) is 0 Å². The van der Waals surface area contributed by atoms with Crippen LogP contribution < -0.4 is 5.32 Å². The van der Waals surface area contributed by atoms with Gasteiger partial charge in [0.25, 0.3) is 0 Å². The molecule has 0 saturated heterocycles. The summed E-state index contributed by atoms with van der Waals surface area (Å²) in [6.07, 6.45) is 0. The quantitative estimate of drug-likeness (QED) is 0.869. The van der Waals surface area contributed by atoms with Gasteiger partial charge in [0.05, 0.1) is 12.1 Å². The number of hydrogen-bond donors (Lipinski definition) is 2. The van der Waals surface area contributed by atoms with Gasteiger partial charge in [-0.05, 0) is 65.5 Å². The van der Waals surface area contributed by atoms with E-state index in [2.05, 4.69) is 53.3 Å². The summed E-state index contributed by atoms with van der Waals surface area (Å²) in [6, 6.07) is 14.2. The molecule has 1 atom stereocenters. The number of rotatable bonds is 4. The molecule has 0 bridgehead atoms. The van der Waals surface area contributed by atoms with Crippen molar-refractivity contribution < 1.29 is 5.11 Å². The first-order valence-electron chi connectivity index (χ1n) is 6.67. The Balaban J connectivity index is 2.38. The summed E-state index contributed by atoms with van der Waals surface area (Å²) in [6.45, 7) is 6.22. The maximum atomic E-state index is 9.87. The number of nitrogens with one attached hydrogen (secondary N) is 1. The minimum absolute atomic E-state index is 0.0246. The summed E-state index contributed by atoms with van der Waals surface area (Å²) in [7, 11) is 0. The van der Waals surface area contributed by atoms with Gasteiger partial charge in [-0.3, -0.25) is 0 Å². The van der Waals surface area contributed by atoms with Gasteiger partial charge in [-0.15, -0.1) is 0 Å². The summed E-state index contributed by atoms with van der Waals surface area (Å²) < 4.78 is 0.989. The van der Waals surface area contributed by atoms with E-state index < -0.39 is 5.54 Å². The zero-order valence-corrected chi connectivity index (χ0v) is 13.7. The number of aryl methyl sites for hydroxylation is 2. The molecule has 0 saturated carbocycles. The standard InChI is InChI=1S/C17H20BrNO/c1-12-8-9-14(10-13(12)2)17(3,11-20)19-16-7-5-4-6-15(16)18/h4-10,19-20H,11H2,1-3H3. The summed E-state index contributed by atoms with van der Waals surface area (Å²) in [4.78, 5) is 0. The van der Waals surface area contributed by atoms with Crippen molar-refractivity contribution in [1.82, 2.24) is 0 Å². The fourth-order valence-corrected chi connectivity index (χ4v) is 2.53. The van der Waals surface area contributed by atoms with Crippen LogP contribution in [0.2, 0.25) is 0 Å². The molecule has 0 aliphatic rings. The van der Waals surface area contributed by atoms with E-state index >= 15 is 0 Å². The van der Waals surface area contributed by atoms with Gasteiger partial charge in [-0.25, -0.2) is 0 Å². The topological polar surface area (TPSA) is 32.3 Å². The Hall–Kier alpha value is -1.32. The monoisotopic (exact) mass is 333 g/mol. The van der Waals surface area contributed by atoms with Gasteiger partial charge in [-0.2, -0.15) is 0 Å². The summed E-state index contributed by atoms with van der Waals surface area (Å²) in [5.74, 6) is 0. The van der Waals surface area contributed by atoms with E-state index in [0.29, 0.717) is 0 Å². The highest BCUT2D eigenvalue weighted by atomic mass is 79.9. The Morgan fingerprint density at radius 3 is 2.40 bits per heavy atom. The van der Waals surface area contributed by atoms with E-state index in [4.69, 9.17) is 0 Å². The normalized spacial score (nSPS) is 13.8. The van der Waals surface area contributed by atoms with Crippen LogP contribution in [0.25, 0.3) is 0 Å². The summed E-state index contributed by atoms with van der Waals surface area (Å²) in [5, 5.41) is 13.3. The minimum atomic E-state index is -0.512. The van der Waals surface area contributed by atoms with Crippen molar-refractivity contribution in [2.45, 2.75) is 26.3 Å². The lowest BCUT2D eigenvalue weighted by atomic mass is 9.90. The number of para-hydroxylation sites is 1. The van der Waals surface area contributed by atoms with Gasteiger partial charge in [0.15, 0.2) is 0 Å². The summed E-state index contributed by atoms with van der Waals surface area (Å²) in [5.41, 5.74) is 4.04. The molecular formula is C17H20BrNO. The Morgan fingerprint density at radius 2 is 1.80 bits per heavy atom. The molecule has 1 unspecified atom stereocenters.